The van der Waals surface area contributed by atoms with Gasteiger partial charge in [-0.25, -0.2) is 4.79 Å². The average molecular weight is 378 g/mol. The van der Waals surface area contributed by atoms with Gasteiger partial charge in [-0.05, 0) is 31.2 Å². The molecule has 1 N–H and O–H groups in total. The van der Waals surface area contributed by atoms with Crippen molar-refractivity contribution in [2.45, 2.75) is 32.7 Å². The lowest BCUT2D eigenvalue weighted by Gasteiger charge is -2.35. The van der Waals surface area contributed by atoms with E-state index in [4.69, 9.17) is 11.6 Å². The Balaban J connectivity index is 1.77. The highest BCUT2D eigenvalue weighted by Gasteiger charge is 2.50. The summed E-state index contributed by atoms with van der Waals surface area (Å²) in [7, 11) is 0. The molecule has 2 aliphatic rings. The summed E-state index contributed by atoms with van der Waals surface area (Å²) in [6.07, 6.45) is 1.08. The third-order valence-electron chi connectivity index (χ3n) is 5.20. The summed E-state index contributed by atoms with van der Waals surface area (Å²) in [6, 6.07) is 6.34. The Morgan fingerprint density at radius 2 is 1.85 bits per heavy atom. The van der Waals surface area contributed by atoms with Crippen molar-refractivity contribution >= 4 is 29.4 Å². The van der Waals surface area contributed by atoms with Gasteiger partial charge in [0.05, 0.1) is 0 Å². The first-order chi connectivity index (χ1) is 12.2. The lowest BCUT2D eigenvalue weighted by atomic mass is 9.91. The number of amides is 4. The minimum absolute atomic E-state index is 0.199. The van der Waals surface area contributed by atoms with Gasteiger partial charge in [-0.2, -0.15) is 0 Å². The Morgan fingerprint density at radius 1 is 1.23 bits per heavy atom. The molecule has 4 amide bonds. The first-order valence-corrected chi connectivity index (χ1v) is 9.27. The molecule has 0 radical (unpaired) electrons. The molecule has 2 heterocycles. The molecule has 140 valence electrons. The van der Waals surface area contributed by atoms with Crippen LogP contribution in [-0.4, -0.2) is 47.3 Å². The molecule has 1 aromatic rings. The molecule has 0 aromatic heterocycles. The van der Waals surface area contributed by atoms with Crippen molar-refractivity contribution in [3.8, 4) is 0 Å². The monoisotopic (exact) mass is 377 g/mol. The van der Waals surface area contributed by atoms with E-state index >= 15 is 0 Å². The second kappa shape index (κ2) is 6.91. The van der Waals surface area contributed by atoms with Gasteiger partial charge in [0.25, 0.3) is 5.91 Å². The van der Waals surface area contributed by atoms with Crippen molar-refractivity contribution in [1.29, 1.82) is 0 Å². The van der Waals surface area contributed by atoms with E-state index in [1.807, 2.05) is 0 Å². The van der Waals surface area contributed by atoms with Crippen molar-refractivity contribution in [2.75, 3.05) is 19.6 Å². The Bertz CT molecular complexity index is 743. The van der Waals surface area contributed by atoms with Crippen LogP contribution in [0.1, 0.15) is 32.8 Å². The van der Waals surface area contributed by atoms with E-state index < -0.39 is 17.5 Å². The average Bonchev–Trinajstić information content (AvgIpc) is 2.78. The van der Waals surface area contributed by atoms with E-state index in [1.165, 1.54) is 0 Å². The van der Waals surface area contributed by atoms with E-state index in [9.17, 15) is 14.4 Å². The normalized spacial score (nSPS) is 29.1. The standard InChI is InChI=1S/C19H24ClN3O3/c1-12-8-13(2)10-22(9-12)16(24)11-23-17(25)19(3,21-18(23)26)14-6-4-5-7-15(14)20/h4-7,12-13H,8-11H2,1-3H3,(H,21,26)/t12-,13-,19+/m1/s1. The van der Waals surface area contributed by atoms with E-state index in [1.54, 1.807) is 36.1 Å². The molecular formula is C19H24ClN3O3. The minimum atomic E-state index is -1.27. The highest BCUT2D eigenvalue weighted by molar-refractivity contribution is 6.32. The number of carbonyl (C=O) groups excluding carboxylic acids is 3. The summed E-state index contributed by atoms with van der Waals surface area (Å²) in [5.41, 5.74) is -0.742. The van der Waals surface area contributed by atoms with E-state index in [2.05, 4.69) is 19.2 Å². The largest absolute Gasteiger partial charge is 0.341 e. The number of halogens is 1. The molecule has 0 spiro atoms. The number of urea groups is 1. The van der Waals surface area contributed by atoms with Gasteiger partial charge in [0.1, 0.15) is 12.1 Å². The number of likely N-dealkylation sites (tertiary alicyclic amines) is 1. The molecule has 0 bridgehead atoms. The van der Waals surface area contributed by atoms with Gasteiger partial charge in [0.2, 0.25) is 5.91 Å². The van der Waals surface area contributed by atoms with Crippen LogP contribution in [0.4, 0.5) is 4.79 Å². The minimum Gasteiger partial charge on any atom is -0.341 e. The third kappa shape index (κ3) is 3.30. The molecule has 1 aromatic carbocycles. The maximum absolute atomic E-state index is 13.0. The lowest BCUT2D eigenvalue weighted by Crippen LogP contribution is -2.48. The predicted octanol–water partition coefficient (Wildman–Crippen LogP) is 2.61. The van der Waals surface area contributed by atoms with Crippen molar-refractivity contribution in [3.63, 3.8) is 0 Å². The first-order valence-electron chi connectivity index (χ1n) is 8.89. The highest BCUT2D eigenvalue weighted by atomic mass is 35.5. The fourth-order valence-electron chi connectivity index (χ4n) is 3.99. The van der Waals surface area contributed by atoms with Crippen molar-refractivity contribution in [1.82, 2.24) is 15.1 Å². The van der Waals surface area contributed by atoms with Crippen LogP contribution >= 0.6 is 11.6 Å². The fourth-order valence-corrected chi connectivity index (χ4v) is 4.32. The van der Waals surface area contributed by atoms with Crippen LogP contribution in [-0.2, 0) is 15.1 Å². The van der Waals surface area contributed by atoms with Crippen LogP contribution in [0.2, 0.25) is 5.02 Å². The summed E-state index contributed by atoms with van der Waals surface area (Å²) in [5.74, 6) is 0.177. The lowest BCUT2D eigenvalue weighted by molar-refractivity contribution is -0.140. The predicted molar refractivity (Wildman–Crippen MR) is 98.6 cm³/mol. The number of hydrogen-bond donors (Lipinski definition) is 1. The molecular weight excluding hydrogens is 354 g/mol. The number of hydrogen-bond acceptors (Lipinski definition) is 3. The van der Waals surface area contributed by atoms with Crippen LogP contribution in [0, 0.1) is 11.8 Å². The number of rotatable bonds is 3. The van der Waals surface area contributed by atoms with Gasteiger partial charge >= 0.3 is 6.03 Å². The molecule has 0 unspecified atom stereocenters. The molecule has 2 fully saturated rings. The number of carbonyl (C=O) groups is 3. The Hall–Kier alpha value is -2.08. The number of nitrogens with zero attached hydrogens (tertiary/aromatic N) is 2. The molecule has 3 atom stereocenters. The van der Waals surface area contributed by atoms with Gasteiger partial charge in [0, 0.05) is 23.7 Å². The molecule has 2 saturated heterocycles. The molecule has 26 heavy (non-hydrogen) atoms. The number of imide groups is 1. The van der Waals surface area contributed by atoms with Crippen molar-refractivity contribution in [3.05, 3.63) is 34.9 Å². The molecule has 2 aliphatic heterocycles. The number of piperidine rings is 1. The summed E-state index contributed by atoms with van der Waals surface area (Å²) < 4.78 is 0. The van der Waals surface area contributed by atoms with Gasteiger partial charge in [0.15, 0.2) is 0 Å². The first kappa shape index (κ1) is 18.7. The SMILES string of the molecule is C[C@@H]1C[C@@H](C)CN(C(=O)CN2C(=O)N[C@@](C)(c3ccccc3Cl)C2=O)C1. The quantitative estimate of drug-likeness (QED) is 0.823. The van der Waals surface area contributed by atoms with Crippen LogP contribution in [0.3, 0.4) is 0 Å². The van der Waals surface area contributed by atoms with Crippen molar-refractivity contribution < 1.29 is 14.4 Å². The van der Waals surface area contributed by atoms with E-state index in [0.29, 0.717) is 35.5 Å². The fraction of sp³-hybridized carbons (Fsp3) is 0.526. The van der Waals surface area contributed by atoms with Crippen LogP contribution in [0.15, 0.2) is 24.3 Å². The van der Waals surface area contributed by atoms with Crippen LogP contribution in [0.5, 0.6) is 0 Å². The zero-order valence-corrected chi connectivity index (χ0v) is 16.0. The van der Waals surface area contributed by atoms with E-state index in [0.717, 1.165) is 11.3 Å². The zero-order valence-electron chi connectivity index (χ0n) is 15.3. The summed E-state index contributed by atoms with van der Waals surface area (Å²) in [5, 5.41) is 3.09. The van der Waals surface area contributed by atoms with Gasteiger partial charge in [-0.1, -0.05) is 43.6 Å². The highest BCUT2D eigenvalue weighted by Crippen LogP contribution is 2.33. The second-order valence-electron chi connectivity index (χ2n) is 7.67. The van der Waals surface area contributed by atoms with Gasteiger partial charge in [-0.3, -0.25) is 14.5 Å². The topological polar surface area (TPSA) is 69.7 Å². The summed E-state index contributed by atoms with van der Waals surface area (Å²) in [4.78, 5) is 40.8. The van der Waals surface area contributed by atoms with Gasteiger partial charge < -0.3 is 10.2 Å². The summed E-state index contributed by atoms with van der Waals surface area (Å²) in [6.45, 7) is 6.91. The molecule has 3 rings (SSSR count). The van der Waals surface area contributed by atoms with Crippen LogP contribution in [0.25, 0.3) is 0 Å². The van der Waals surface area contributed by atoms with E-state index in [-0.39, 0.29) is 12.5 Å². The number of benzene rings is 1. The maximum Gasteiger partial charge on any atom is 0.325 e. The number of nitrogens with one attached hydrogen (secondary N) is 1. The zero-order chi connectivity index (χ0) is 19.1. The maximum atomic E-state index is 13.0. The molecule has 0 aliphatic carbocycles. The molecule has 0 saturated carbocycles. The van der Waals surface area contributed by atoms with Crippen LogP contribution < -0.4 is 5.32 Å². The molecule has 7 heteroatoms. The van der Waals surface area contributed by atoms with Gasteiger partial charge in [-0.15, -0.1) is 0 Å². The van der Waals surface area contributed by atoms with Crippen molar-refractivity contribution in [2.24, 2.45) is 11.8 Å². The second-order valence-corrected chi connectivity index (χ2v) is 8.08. The third-order valence-corrected chi connectivity index (χ3v) is 5.53. The smallest absolute Gasteiger partial charge is 0.325 e. The Labute approximate surface area is 158 Å². The Kier molecular flexibility index (Phi) is 4.97. The Morgan fingerprint density at radius 3 is 2.46 bits per heavy atom. The molecule has 6 nitrogen and oxygen atoms in total. The summed E-state index contributed by atoms with van der Waals surface area (Å²) >= 11 is 6.22.